The third-order valence-electron chi connectivity index (χ3n) is 3.19. The van der Waals surface area contributed by atoms with E-state index in [4.69, 9.17) is 0 Å². The second-order valence-corrected chi connectivity index (χ2v) is 5.45. The molecular weight excluding hydrogens is 238 g/mol. The average Bonchev–Trinajstić information content (AvgIpc) is 2.82. The Morgan fingerprint density at radius 1 is 1.21 bits per heavy atom. The van der Waals surface area contributed by atoms with Crippen LogP contribution < -0.4 is 10.6 Å². The van der Waals surface area contributed by atoms with Crippen LogP contribution in [0.15, 0.2) is 6.20 Å². The van der Waals surface area contributed by atoms with Gasteiger partial charge < -0.3 is 10.6 Å². The van der Waals surface area contributed by atoms with Crippen LogP contribution in [0.4, 0.5) is 0 Å². The fourth-order valence-electron chi connectivity index (χ4n) is 1.79. The van der Waals surface area contributed by atoms with Crippen molar-refractivity contribution in [2.75, 3.05) is 13.1 Å². The first-order chi connectivity index (χ1) is 9.11. The van der Waals surface area contributed by atoms with Crippen molar-refractivity contribution in [3.8, 4) is 0 Å². The number of aryl methyl sites for hydroxylation is 1. The van der Waals surface area contributed by atoms with Gasteiger partial charge in [-0.1, -0.05) is 26.0 Å². The second-order valence-electron chi connectivity index (χ2n) is 5.45. The Hall–Kier alpha value is -0.940. The van der Waals surface area contributed by atoms with E-state index in [9.17, 15) is 0 Å². The van der Waals surface area contributed by atoms with E-state index < -0.39 is 0 Å². The van der Waals surface area contributed by atoms with Crippen LogP contribution in [0.5, 0.6) is 0 Å². The lowest BCUT2D eigenvalue weighted by Crippen LogP contribution is -2.27. The highest BCUT2D eigenvalue weighted by molar-refractivity contribution is 4.93. The van der Waals surface area contributed by atoms with E-state index in [0.717, 1.165) is 44.6 Å². The third-order valence-corrected chi connectivity index (χ3v) is 3.19. The van der Waals surface area contributed by atoms with Crippen LogP contribution in [0.3, 0.4) is 0 Å². The highest BCUT2D eigenvalue weighted by Crippen LogP contribution is 1.96. The summed E-state index contributed by atoms with van der Waals surface area (Å²) < 4.78 is 1.95. The minimum atomic E-state index is 0.554. The van der Waals surface area contributed by atoms with Crippen molar-refractivity contribution in [2.45, 2.75) is 65.6 Å². The zero-order valence-electron chi connectivity index (χ0n) is 12.8. The van der Waals surface area contributed by atoms with E-state index in [1.807, 2.05) is 4.68 Å². The van der Waals surface area contributed by atoms with Gasteiger partial charge in [-0.2, -0.15) is 0 Å². The van der Waals surface area contributed by atoms with Gasteiger partial charge in [-0.25, -0.2) is 0 Å². The van der Waals surface area contributed by atoms with E-state index in [-0.39, 0.29) is 0 Å². The maximum Gasteiger partial charge on any atom is 0.0839 e. The molecule has 0 aromatic carbocycles. The largest absolute Gasteiger partial charge is 0.314 e. The molecule has 19 heavy (non-hydrogen) atoms. The predicted octanol–water partition coefficient (Wildman–Crippen LogP) is 1.60. The number of rotatable bonds is 10. The van der Waals surface area contributed by atoms with Crippen molar-refractivity contribution < 1.29 is 0 Å². The van der Waals surface area contributed by atoms with E-state index in [1.165, 1.54) is 0 Å². The van der Waals surface area contributed by atoms with E-state index >= 15 is 0 Å². The number of hydrogen-bond acceptors (Lipinski definition) is 4. The fourth-order valence-corrected chi connectivity index (χ4v) is 1.79. The van der Waals surface area contributed by atoms with Crippen LogP contribution in [0.1, 0.15) is 46.2 Å². The average molecular weight is 267 g/mol. The van der Waals surface area contributed by atoms with Crippen LogP contribution in [-0.4, -0.2) is 40.2 Å². The fraction of sp³-hybridized carbons (Fsp3) is 0.857. The normalized spacial score (nSPS) is 13.1. The molecule has 0 aliphatic rings. The molecule has 110 valence electrons. The molecule has 1 rings (SSSR count). The SMILES string of the molecule is CCC(C)NCCc1cn(CCCNC(C)C)nn1. The van der Waals surface area contributed by atoms with Crippen molar-refractivity contribution in [2.24, 2.45) is 0 Å². The first kappa shape index (κ1) is 16.1. The molecule has 1 heterocycles. The van der Waals surface area contributed by atoms with Gasteiger partial charge in [0, 0.05) is 37.8 Å². The Kier molecular flexibility index (Phi) is 7.67. The first-order valence-electron chi connectivity index (χ1n) is 7.47. The van der Waals surface area contributed by atoms with Gasteiger partial charge in [0.2, 0.25) is 0 Å². The minimum absolute atomic E-state index is 0.554. The highest BCUT2D eigenvalue weighted by atomic mass is 15.4. The summed E-state index contributed by atoms with van der Waals surface area (Å²) in [7, 11) is 0. The summed E-state index contributed by atoms with van der Waals surface area (Å²) in [6.45, 7) is 11.7. The molecule has 0 amide bonds. The van der Waals surface area contributed by atoms with Crippen LogP contribution >= 0.6 is 0 Å². The molecule has 1 atom stereocenters. The lowest BCUT2D eigenvalue weighted by atomic mass is 10.2. The van der Waals surface area contributed by atoms with Gasteiger partial charge in [0.25, 0.3) is 0 Å². The summed E-state index contributed by atoms with van der Waals surface area (Å²) in [6, 6.07) is 1.13. The molecular formula is C14H29N5. The molecule has 0 spiro atoms. The molecule has 0 radical (unpaired) electrons. The Morgan fingerprint density at radius 3 is 2.68 bits per heavy atom. The van der Waals surface area contributed by atoms with E-state index in [2.05, 4.69) is 54.8 Å². The molecule has 1 aromatic rings. The summed E-state index contributed by atoms with van der Waals surface area (Å²) in [6.07, 6.45) is 5.27. The first-order valence-corrected chi connectivity index (χ1v) is 7.47. The quantitative estimate of drug-likeness (QED) is 0.632. The lowest BCUT2D eigenvalue weighted by molar-refractivity contribution is 0.505. The minimum Gasteiger partial charge on any atom is -0.314 e. The molecule has 0 bridgehead atoms. The summed E-state index contributed by atoms with van der Waals surface area (Å²) in [5.41, 5.74) is 1.08. The highest BCUT2D eigenvalue weighted by Gasteiger charge is 2.02. The van der Waals surface area contributed by atoms with Crippen molar-refractivity contribution in [3.05, 3.63) is 11.9 Å². The predicted molar refractivity (Wildman–Crippen MR) is 79.2 cm³/mol. The zero-order valence-corrected chi connectivity index (χ0v) is 12.8. The molecule has 0 aliphatic heterocycles. The van der Waals surface area contributed by atoms with Crippen LogP contribution in [0, 0.1) is 0 Å². The van der Waals surface area contributed by atoms with Crippen molar-refractivity contribution in [1.29, 1.82) is 0 Å². The van der Waals surface area contributed by atoms with Gasteiger partial charge >= 0.3 is 0 Å². The third kappa shape index (κ3) is 7.28. The molecule has 5 nitrogen and oxygen atoms in total. The van der Waals surface area contributed by atoms with Gasteiger partial charge in [0.15, 0.2) is 0 Å². The lowest BCUT2D eigenvalue weighted by Gasteiger charge is -2.09. The van der Waals surface area contributed by atoms with Crippen LogP contribution in [0.2, 0.25) is 0 Å². The number of aromatic nitrogens is 3. The summed E-state index contributed by atoms with van der Waals surface area (Å²) in [5.74, 6) is 0. The summed E-state index contributed by atoms with van der Waals surface area (Å²) in [4.78, 5) is 0. The molecule has 0 saturated heterocycles. The maximum atomic E-state index is 4.21. The van der Waals surface area contributed by atoms with Crippen LogP contribution in [-0.2, 0) is 13.0 Å². The second kappa shape index (κ2) is 9.04. The molecule has 5 heteroatoms. The van der Waals surface area contributed by atoms with Gasteiger partial charge in [-0.3, -0.25) is 4.68 Å². The van der Waals surface area contributed by atoms with Crippen molar-refractivity contribution in [1.82, 2.24) is 25.6 Å². The Morgan fingerprint density at radius 2 is 2.00 bits per heavy atom. The van der Waals surface area contributed by atoms with Crippen molar-refractivity contribution in [3.63, 3.8) is 0 Å². The molecule has 1 aromatic heterocycles. The Balaban J connectivity index is 2.17. The van der Waals surface area contributed by atoms with Crippen molar-refractivity contribution >= 4 is 0 Å². The van der Waals surface area contributed by atoms with E-state index in [1.54, 1.807) is 0 Å². The summed E-state index contributed by atoms with van der Waals surface area (Å²) in [5, 5.41) is 15.2. The number of nitrogens with one attached hydrogen (secondary N) is 2. The van der Waals surface area contributed by atoms with Gasteiger partial charge in [-0.05, 0) is 26.3 Å². The monoisotopic (exact) mass is 267 g/mol. The maximum absolute atomic E-state index is 4.21. The van der Waals surface area contributed by atoms with Gasteiger partial charge in [-0.15, -0.1) is 5.10 Å². The standard InChI is InChI=1S/C14H29N5/c1-5-13(4)16-9-7-14-11-19(18-17-14)10-6-8-15-12(2)3/h11-13,15-16H,5-10H2,1-4H3. The van der Waals surface area contributed by atoms with E-state index in [0.29, 0.717) is 12.1 Å². The Bertz CT molecular complexity index is 334. The topological polar surface area (TPSA) is 54.8 Å². The molecule has 0 aliphatic carbocycles. The molecule has 0 saturated carbocycles. The molecule has 1 unspecified atom stereocenters. The number of nitrogens with zero attached hydrogens (tertiary/aromatic N) is 3. The smallest absolute Gasteiger partial charge is 0.0839 e. The van der Waals surface area contributed by atoms with Gasteiger partial charge in [0.05, 0.1) is 5.69 Å². The Labute approximate surface area is 117 Å². The summed E-state index contributed by atoms with van der Waals surface area (Å²) >= 11 is 0. The van der Waals surface area contributed by atoms with Crippen LogP contribution in [0.25, 0.3) is 0 Å². The number of hydrogen-bond donors (Lipinski definition) is 2. The molecule has 0 fully saturated rings. The van der Waals surface area contributed by atoms with Gasteiger partial charge in [0.1, 0.15) is 0 Å². The zero-order chi connectivity index (χ0) is 14.1. The molecule has 2 N–H and O–H groups in total.